The molecule has 0 aliphatic rings. The van der Waals surface area contributed by atoms with Crippen LogP contribution in [0.15, 0.2) is 48.4 Å². The maximum Gasteiger partial charge on any atom is 0.387 e. The number of hydrogen-bond donors (Lipinski definition) is 1. The van der Waals surface area contributed by atoms with Crippen molar-refractivity contribution in [2.45, 2.75) is 20.5 Å². The fraction of sp³-hybridized carbons (Fsp3) is 0.227. The van der Waals surface area contributed by atoms with E-state index in [1.165, 1.54) is 23.5 Å². The molecule has 2 aromatic heterocycles. The summed E-state index contributed by atoms with van der Waals surface area (Å²) in [5, 5.41) is 5.07. The Balaban J connectivity index is 1.68. The number of halogens is 2. The number of carbonyl (C=O) groups excluding carboxylic acids is 2. The Labute approximate surface area is 187 Å². The van der Waals surface area contributed by atoms with Crippen molar-refractivity contribution in [1.82, 2.24) is 9.55 Å². The van der Waals surface area contributed by atoms with Crippen molar-refractivity contribution in [2.24, 2.45) is 0 Å². The number of Topliss-reactive ketones (excluding diaryl/α,β-unsaturated/α-hetero) is 1. The van der Waals surface area contributed by atoms with E-state index in [1.54, 1.807) is 41.1 Å². The van der Waals surface area contributed by atoms with E-state index in [2.05, 4.69) is 21.6 Å². The molecule has 0 aliphatic heterocycles. The highest BCUT2D eigenvalue weighted by atomic mass is 32.1. The van der Waals surface area contributed by atoms with E-state index in [-0.39, 0.29) is 17.2 Å². The van der Waals surface area contributed by atoms with Gasteiger partial charge < -0.3 is 19.4 Å². The number of ether oxygens (including phenoxy) is 2. The number of nitrogens with one attached hydrogen (secondary N) is 1. The molecule has 1 N–H and O–H groups in total. The minimum Gasteiger partial charge on any atom is -0.453 e. The van der Waals surface area contributed by atoms with Gasteiger partial charge in [-0.3, -0.25) is 4.79 Å². The average molecular weight is 461 g/mol. The standard InChI is InChI=1S/C22H21F2N3O4S/c1-4-9-25-22-26-18(12-32-22)20(29)30-11-19(28)17-10-13(2)27(14(17)3)15-5-7-16(8-6-15)31-21(23)24/h4-8,10,12,21H,1,9,11H2,2-3H3,(H,25,26). The van der Waals surface area contributed by atoms with E-state index in [4.69, 9.17) is 4.74 Å². The zero-order chi connectivity index (χ0) is 23.3. The summed E-state index contributed by atoms with van der Waals surface area (Å²) in [6, 6.07) is 7.78. The molecule has 10 heteroatoms. The molecule has 0 fully saturated rings. The van der Waals surface area contributed by atoms with Crippen LogP contribution in [-0.4, -0.2) is 41.1 Å². The van der Waals surface area contributed by atoms with Crippen LogP contribution in [0, 0.1) is 13.8 Å². The van der Waals surface area contributed by atoms with Crippen LogP contribution in [0.3, 0.4) is 0 Å². The van der Waals surface area contributed by atoms with Crippen LogP contribution in [0.5, 0.6) is 5.75 Å². The van der Waals surface area contributed by atoms with Crippen molar-refractivity contribution in [3.8, 4) is 11.4 Å². The largest absolute Gasteiger partial charge is 0.453 e. The highest BCUT2D eigenvalue weighted by molar-refractivity contribution is 7.13. The molecule has 0 radical (unpaired) electrons. The van der Waals surface area contributed by atoms with Crippen molar-refractivity contribution in [3.63, 3.8) is 0 Å². The average Bonchev–Trinajstić information content (AvgIpc) is 3.35. The summed E-state index contributed by atoms with van der Waals surface area (Å²) in [6.07, 6.45) is 1.67. The lowest BCUT2D eigenvalue weighted by Crippen LogP contribution is -2.15. The predicted molar refractivity (Wildman–Crippen MR) is 117 cm³/mol. The maximum absolute atomic E-state index is 12.7. The smallest absolute Gasteiger partial charge is 0.387 e. The maximum atomic E-state index is 12.7. The first kappa shape index (κ1) is 23.1. The van der Waals surface area contributed by atoms with E-state index >= 15 is 0 Å². The summed E-state index contributed by atoms with van der Waals surface area (Å²) in [6.45, 7) is 4.34. The molecule has 3 aromatic rings. The number of thiazole rings is 1. The lowest BCUT2D eigenvalue weighted by atomic mass is 10.1. The molecule has 0 saturated heterocycles. The van der Waals surface area contributed by atoms with E-state index in [0.29, 0.717) is 28.6 Å². The van der Waals surface area contributed by atoms with Crippen molar-refractivity contribution in [2.75, 3.05) is 18.5 Å². The van der Waals surface area contributed by atoms with Crippen LogP contribution >= 0.6 is 11.3 Å². The molecule has 2 heterocycles. The first-order valence-corrected chi connectivity index (χ1v) is 10.4. The van der Waals surface area contributed by atoms with Gasteiger partial charge in [0.2, 0.25) is 5.78 Å². The number of nitrogens with zero attached hydrogens (tertiary/aromatic N) is 2. The number of aryl methyl sites for hydroxylation is 1. The molecular formula is C22H21F2N3O4S. The number of rotatable bonds is 10. The Morgan fingerprint density at radius 1 is 1.28 bits per heavy atom. The molecule has 0 atom stereocenters. The monoisotopic (exact) mass is 461 g/mol. The van der Waals surface area contributed by atoms with E-state index in [1.807, 2.05) is 6.92 Å². The van der Waals surface area contributed by atoms with Crippen LogP contribution < -0.4 is 10.1 Å². The van der Waals surface area contributed by atoms with Gasteiger partial charge in [-0.05, 0) is 44.2 Å². The molecule has 7 nitrogen and oxygen atoms in total. The Bertz CT molecular complexity index is 1120. The second-order valence-electron chi connectivity index (χ2n) is 6.70. The van der Waals surface area contributed by atoms with Crippen LogP contribution in [0.25, 0.3) is 5.69 Å². The van der Waals surface area contributed by atoms with Gasteiger partial charge in [0.15, 0.2) is 17.4 Å². The lowest BCUT2D eigenvalue weighted by Gasteiger charge is -2.11. The number of alkyl halides is 2. The number of anilines is 1. The Kier molecular flexibility index (Phi) is 7.37. The third kappa shape index (κ3) is 5.38. The quantitative estimate of drug-likeness (QED) is 0.266. The number of carbonyl (C=O) groups is 2. The van der Waals surface area contributed by atoms with Gasteiger partial charge in [0, 0.05) is 34.6 Å². The van der Waals surface area contributed by atoms with Crippen molar-refractivity contribution in [1.29, 1.82) is 0 Å². The van der Waals surface area contributed by atoms with Crippen LogP contribution in [-0.2, 0) is 4.74 Å². The highest BCUT2D eigenvalue weighted by Crippen LogP contribution is 2.24. The van der Waals surface area contributed by atoms with Gasteiger partial charge in [0.05, 0.1) is 0 Å². The summed E-state index contributed by atoms with van der Waals surface area (Å²) in [5.41, 5.74) is 2.59. The molecule has 0 amide bonds. The second kappa shape index (κ2) is 10.2. The van der Waals surface area contributed by atoms with Crippen molar-refractivity contribution >= 4 is 28.2 Å². The number of aromatic nitrogens is 2. The summed E-state index contributed by atoms with van der Waals surface area (Å²) < 4.78 is 36.0. The molecule has 0 spiro atoms. The molecule has 0 saturated carbocycles. The second-order valence-corrected chi connectivity index (χ2v) is 7.56. The number of ketones is 1. The minimum atomic E-state index is -2.90. The molecule has 0 unspecified atom stereocenters. The third-order valence-electron chi connectivity index (χ3n) is 4.50. The summed E-state index contributed by atoms with van der Waals surface area (Å²) in [4.78, 5) is 29.0. The van der Waals surface area contributed by atoms with E-state index in [9.17, 15) is 18.4 Å². The van der Waals surface area contributed by atoms with Gasteiger partial charge in [0.1, 0.15) is 5.75 Å². The van der Waals surface area contributed by atoms with E-state index < -0.39 is 19.2 Å². The molecule has 168 valence electrons. The molecular weight excluding hydrogens is 440 g/mol. The lowest BCUT2D eigenvalue weighted by molar-refractivity contribution is -0.0498. The number of esters is 1. The SMILES string of the molecule is C=CCNc1nc(C(=O)OCC(=O)c2cc(C)n(-c3ccc(OC(F)F)cc3)c2C)cs1. The van der Waals surface area contributed by atoms with Gasteiger partial charge in [0.25, 0.3) is 0 Å². The topological polar surface area (TPSA) is 82.5 Å². The molecule has 0 bridgehead atoms. The van der Waals surface area contributed by atoms with Gasteiger partial charge >= 0.3 is 12.6 Å². The van der Waals surface area contributed by atoms with Crippen LogP contribution in [0.1, 0.15) is 32.2 Å². The highest BCUT2D eigenvalue weighted by Gasteiger charge is 2.20. The van der Waals surface area contributed by atoms with Gasteiger partial charge in [-0.25, -0.2) is 9.78 Å². The molecule has 1 aromatic carbocycles. The normalized spacial score (nSPS) is 10.8. The zero-order valence-corrected chi connectivity index (χ0v) is 18.2. The van der Waals surface area contributed by atoms with E-state index in [0.717, 1.165) is 5.69 Å². The first-order chi connectivity index (χ1) is 15.3. The predicted octanol–water partition coefficient (Wildman–Crippen LogP) is 4.79. The number of benzene rings is 1. The Hall–Kier alpha value is -3.53. The Morgan fingerprint density at radius 2 is 2.00 bits per heavy atom. The van der Waals surface area contributed by atoms with Gasteiger partial charge in [-0.1, -0.05) is 6.08 Å². The van der Waals surface area contributed by atoms with Crippen LogP contribution in [0.4, 0.5) is 13.9 Å². The first-order valence-electron chi connectivity index (χ1n) is 9.55. The van der Waals surface area contributed by atoms with Crippen LogP contribution in [0.2, 0.25) is 0 Å². The Morgan fingerprint density at radius 3 is 2.66 bits per heavy atom. The summed E-state index contributed by atoms with van der Waals surface area (Å²) in [5.74, 6) is -1.01. The fourth-order valence-corrected chi connectivity index (χ4v) is 3.80. The zero-order valence-electron chi connectivity index (χ0n) is 17.4. The minimum absolute atomic E-state index is 0.0410. The number of hydrogen-bond acceptors (Lipinski definition) is 7. The van der Waals surface area contributed by atoms with Gasteiger partial charge in [-0.2, -0.15) is 8.78 Å². The molecule has 32 heavy (non-hydrogen) atoms. The third-order valence-corrected chi connectivity index (χ3v) is 5.30. The molecule has 3 rings (SSSR count). The fourth-order valence-electron chi connectivity index (χ4n) is 3.11. The van der Waals surface area contributed by atoms with Crippen molar-refractivity contribution < 1.29 is 27.8 Å². The summed E-state index contributed by atoms with van der Waals surface area (Å²) in [7, 11) is 0. The van der Waals surface area contributed by atoms with Crippen molar-refractivity contribution in [3.05, 3.63) is 71.0 Å². The summed E-state index contributed by atoms with van der Waals surface area (Å²) >= 11 is 1.25. The molecule has 0 aliphatic carbocycles. The van der Waals surface area contributed by atoms with Gasteiger partial charge in [-0.15, -0.1) is 17.9 Å².